The summed E-state index contributed by atoms with van der Waals surface area (Å²) in [5.74, 6) is -0.960. The van der Waals surface area contributed by atoms with E-state index in [0.717, 1.165) is 25.7 Å². The maximum absolute atomic E-state index is 13.0. The van der Waals surface area contributed by atoms with Crippen molar-refractivity contribution in [1.29, 1.82) is 0 Å². The lowest BCUT2D eigenvalue weighted by Gasteiger charge is -2.36. The van der Waals surface area contributed by atoms with Gasteiger partial charge in [0.05, 0.1) is 11.1 Å². The van der Waals surface area contributed by atoms with Crippen LogP contribution < -0.4 is 5.56 Å². The number of hydrogen-bond donors (Lipinski definition) is 1. The van der Waals surface area contributed by atoms with Gasteiger partial charge in [0, 0.05) is 30.1 Å². The van der Waals surface area contributed by atoms with E-state index in [9.17, 15) is 14.7 Å². The Labute approximate surface area is 140 Å². The third-order valence-electron chi connectivity index (χ3n) is 6.06. The summed E-state index contributed by atoms with van der Waals surface area (Å²) in [4.78, 5) is 27.4. The number of nitrogens with zero attached hydrogens (tertiary/aromatic N) is 2. The molecule has 0 amide bonds. The van der Waals surface area contributed by atoms with Crippen LogP contribution in [0.1, 0.15) is 47.5 Å². The predicted octanol–water partition coefficient (Wildman–Crippen LogP) is 2.58. The Hall–Kier alpha value is -2.14. The summed E-state index contributed by atoms with van der Waals surface area (Å²) in [6.07, 6.45) is 4.05. The van der Waals surface area contributed by atoms with Gasteiger partial charge in [-0.2, -0.15) is 0 Å². The second kappa shape index (κ2) is 5.45. The van der Waals surface area contributed by atoms with Crippen molar-refractivity contribution >= 4 is 16.9 Å². The Bertz CT molecular complexity index is 872. The average Bonchev–Trinajstić information content (AvgIpc) is 2.78. The Morgan fingerprint density at radius 2 is 1.75 bits per heavy atom. The molecule has 2 fully saturated rings. The van der Waals surface area contributed by atoms with Gasteiger partial charge in [0.15, 0.2) is 0 Å². The maximum atomic E-state index is 13.0. The first-order valence-corrected chi connectivity index (χ1v) is 8.56. The number of rotatable bonds is 2. The predicted molar refractivity (Wildman–Crippen MR) is 92.7 cm³/mol. The van der Waals surface area contributed by atoms with Crippen LogP contribution in [0.25, 0.3) is 10.9 Å². The molecule has 0 aliphatic carbocycles. The maximum Gasteiger partial charge on any atom is 0.336 e. The standard InChI is InChI=1S/C19H22N2O3/c1-20-12-7-8-13(20)10-11(9-12)16-17(19(23)24)14-5-3-4-6-15(14)21(2)18(16)22/h3-6,11-13H,7-10H2,1-2H3,(H,23,24). The highest BCUT2D eigenvalue weighted by Crippen LogP contribution is 2.42. The summed E-state index contributed by atoms with van der Waals surface area (Å²) in [6, 6.07) is 8.22. The van der Waals surface area contributed by atoms with Crippen LogP contribution in [-0.2, 0) is 7.05 Å². The number of aromatic carboxylic acids is 1. The Morgan fingerprint density at radius 1 is 1.12 bits per heavy atom. The summed E-state index contributed by atoms with van der Waals surface area (Å²) in [7, 11) is 3.89. The van der Waals surface area contributed by atoms with E-state index in [1.54, 1.807) is 11.6 Å². The molecule has 0 radical (unpaired) electrons. The number of carbonyl (C=O) groups is 1. The van der Waals surface area contributed by atoms with Crippen LogP contribution in [0.4, 0.5) is 0 Å². The molecule has 5 heteroatoms. The minimum Gasteiger partial charge on any atom is -0.478 e. The first-order valence-electron chi connectivity index (χ1n) is 8.56. The number of aryl methyl sites for hydroxylation is 1. The number of para-hydroxylation sites is 1. The molecule has 24 heavy (non-hydrogen) atoms. The van der Waals surface area contributed by atoms with E-state index in [4.69, 9.17) is 0 Å². The zero-order chi connectivity index (χ0) is 17.0. The van der Waals surface area contributed by atoms with Gasteiger partial charge in [-0.05, 0) is 44.7 Å². The third-order valence-corrected chi connectivity index (χ3v) is 6.06. The number of benzene rings is 1. The fourth-order valence-corrected chi connectivity index (χ4v) is 4.78. The molecular formula is C19H22N2O3. The molecule has 1 N–H and O–H groups in total. The topological polar surface area (TPSA) is 62.5 Å². The molecule has 2 atom stereocenters. The van der Waals surface area contributed by atoms with Crippen LogP contribution in [0.15, 0.2) is 29.1 Å². The largest absolute Gasteiger partial charge is 0.478 e. The van der Waals surface area contributed by atoms with Gasteiger partial charge in [0.2, 0.25) is 0 Å². The fourth-order valence-electron chi connectivity index (χ4n) is 4.78. The van der Waals surface area contributed by atoms with Gasteiger partial charge in [-0.1, -0.05) is 18.2 Å². The highest BCUT2D eigenvalue weighted by molar-refractivity contribution is 6.04. The van der Waals surface area contributed by atoms with Crippen LogP contribution in [0, 0.1) is 0 Å². The number of piperidine rings is 1. The van der Waals surface area contributed by atoms with E-state index < -0.39 is 5.97 Å². The molecule has 4 rings (SSSR count). The molecule has 5 nitrogen and oxygen atoms in total. The average molecular weight is 326 g/mol. The molecule has 2 aliphatic rings. The van der Waals surface area contributed by atoms with Crippen LogP contribution in [0.2, 0.25) is 0 Å². The van der Waals surface area contributed by atoms with Crippen LogP contribution >= 0.6 is 0 Å². The van der Waals surface area contributed by atoms with Crippen LogP contribution in [0.5, 0.6) is 0 Å². The molecule has 2 bridgehead atoms. The number of pyridine rings is 1. The van der Waals surface area contributed by atoms with Crippen LogP contribution in [0.3, 0.4) is 0 Å². The highest BCUT2D eigenvalue weighted by Gasteiger charge is 2.41. The van der Waals surface area contributed by atoms with Crippen molar-refractivity contribution in [2.45, 2.75) is 43.7 Å². The van der Waals surface area contributed by atoms with Gasteiger partial charge in [-0.15, -0.1) is 0 Å². The lowest BCUT2D eigenvalue weighted by Crippen LogP contribution is -2.41. The second-order valence-corrected chi connectivity index (χ2v) is 7.19. The minimum atomic E-state index is -0.995. The van der Waals surface area contributed by atoms with Gasteiger partial charge in [0.25, 0.3) is 5.56 Å². The number of carboxylic acids is 1. The number of hydrogen-bond acceptors (Lipinski definition) is 3. The van der Waals surface area contributed by atoms with Crippen molar-refractivity contribution in [3.8, 4) is 0 Å². The van der Waals surface area contributed by atoms with Gasteiger partial charge in [-0.3, -0.25) is 4.79 Å². The summed E-state index contributed by atoms with van der Waals surface area (Å²) in [5, 5.41) is 10.5. The van der Waals surface area contributed by atoms with E-state index in [1.165, 1.54) is 0 Å². The summed E-state index contributed by atoms with van der Waals surface area (Å²) in [6.45, 7) is 0. The first-order chi connectivity index (χ1) is 11.5. The lowest BCUT2D eigenvalue weighted by atomic mass is 9.82. The van der Waals surface area contributed by atoms with Crippen molar-refractivity contribution in [2.75, 3.05) is 7.05 Å². The summed E-state index contributed by atoms with van der Waals surface area (Å²) >= 11 is 0. The van der Waals surface area contributed by atoms with Crippen molar-refractivity contribution in [3.63, 3.8) is 0 Å². The first kappa shape index (κ1) is 15.4. The van der Waals surface area contributed by atoms with Crippen LogP contribution in [-0.4, -0.2) is 39.7 Å². The van der Waals surface area contributed by atoms with Crippen molar-refractivity contribution in [2.24, 2.45) is 7.05 Å². The smallest absolute Gasteiger partial charge is 0.336 e. The van der Waals surface area contributed by atoms with Crippen molar-refractivity contribution in [3.05, 3.63) is 45.7 Å². The lowest BCUT2D eigenvalue weighted by molar-refractivity contribution is 0.0695. The molecular weight excluding hydrogens is 304 g/mol. The second-order valence-electron chi connectivity index (χ2n) is 7.19. The monoisotopic (exact) mass is 326 g/mol. The van der Waals surface area contributed by atoms with Gasteiger partial charge in [-0.25, -0.2) is 4.79 Å². The molecule has 1 aromatic heterocycles. The van der Waals surface area contributed by atoms with Gasteiger partial charge >= 0.3 is 5.97 Å². The van der Waals surface area contributed by atoms with Crippen molar-refractivity contribution in [1.82, 2.24) is 9.47 Å². The van der Waals surface area contributed by atoms with E-state index in [2.05, 4.69) is 11.9 Å². The number of carboxylic acid groups (broad SMARTS) is 1. The van der Waals surface area contributed by atoms with Gasteiger partial charge < -0.3 is 14.6 Å². The Morgan fingerprint density at radius 3 is 2.38 bits per heavy atom. The summed E-state index contributed by atoms with van der Waals surface area (Å²) < 4.78 is 1.61. The fraction of sp³-hybridized carbons (Fsp3) is 0.474. The normalized spacial score (nSPS) is 26.8. The van der Waals surface area contributed by atoms with Gasteiger partial charge in [0.1, 0.15) is 0 Å². The molecule has 2 aromatic rings. The Kier molecular flexibility index (Phi) is 3.49. The third kappa shape index (κ3) is 2.11. The Balaban J connectivity index is 1.95. The quantitative estimate of drug-likeness (QED) is 0.921. The molecule has 1 aromatic carbocycles. The SMILES string of the molecule is CN1C2CCC1CC(c1c(C(=O)O)c3ccccc3n(C)c1=O)C2. The molecule has 2 unspecified atom stereocenters. The number of fused-ring (bicyclic) bond motifs is 3. The zero-order valence-electron chi connectivity index (χ0n) is 14.0. The van der Waals surface area contributed by atoms with E-state index >= 15 is 0 Å². The van der Waals surface area contributed by atoms with E-state index in [-0.39, 0.29) is 17.0 Å². The molecule has 2 aliphatic heterocycles. The molecule has 0 saturated carbocycles. The minimum absolute atomic E-state index is 0.0353. The van der Waals surface area contributed by atoms with E-state index in [1.807, 2.05) is 24.3 Å². The molecule has 2 saturated heterocycles. The van der Waals surface area contributed by atoms with Crippen molar-refractivity contribution < 1.29 is 9.90 Å². The number of aromatic nitrogens is 1. The molecule has 0 spiro atoms. The van der Waals surface area contributed by atoms with E-state index in [0.29, 0.717) is 28.6 Å². The highest BCUT2D eigenvalue weighted by atomic mass is 16.4. The summed E-state index contributed by atoms with van der Waals surface area (Å²) in [5.41, 5.74) is 1.25. The molecule has 126 valence electrons. The zero-order valence-corrected chi connectivity index (χ0v) is 14.0. The molecule has 3 heterocycles.